The number of rotatable bonds is 3. The Morgan fingerprint density at radius 1 is 1.32 bits per heavy atom. The lowest BCUT2D eigenvalue weighted by molar-refractivity contribution is -0.137. The second-order valence-corrected chi connectivity index (χ2v) is 4.28. The number of carbonyl (C=O) groups is 1. The molecular formula is C13H15F3N2O. The summed E-state index contributed by atoms with van der Waals surface area (Å²) in [5.74, 6) is 0.272. The number of alkyl halides is 3. The first-order chi connectivity index (χ1) is 8.79. The Balaban J connectivity index is 2.65. The van der Waals surface area contributed by atoms with Gasteiger partial charge < -0.3 is 10.6 Å². The zero-order chi connectivity index (χ0) is 14.5. The van der Waals surface area contributed by atoms with E-state index in [2.05, 4.69) is 10.6 Å². The molecule has 1 aromatic rings. The van der Waals surface area contributed by atoms with Gasteiger partial charge in [-0.05, 0) is 24.1 Å². The molecule has 0 atom stereocenters. The van der Waals surface area contributed by atoms with Gasteiger partial charge in [0.05, 0.1) is 5.56 Å². The third-order valence-electron chi connectivity index (χ3n) is 2.14. The van der Waals surface area contributed by atoms with Gasteiger partial charge >= 0.3 is 12.2 Å². The maximum absolute atomic E-state index is 12.5. The van der Waals surface area contributed by atoms with E-state index in [4.69, 9.17) is 0 Å². The van der Waals surface area contributed by atoms with Gasteiger partial charge in [-0.1, -0.05) is 26.0 Å². The highest BCUT2D eigenvalue weighted by atomic mass is 19.4. The van der Waals surface area contributed by atoms with Gasteiger partial charge in [0, 0.05) is 11.9 Å². The van der Waals surface area contributed by atoms with Crippen molar-refractivity contribution >= 4 is 11.7 Å². The highest BCUT2D eigenvalue weighted by molar-refractivity contribution is 5.89. The first kappa shape index (κ1) is 15.1. The van der Waals surface area contributed by atoms with Crippen molar-refractivity contribution in [3.05, 3.63) is 42.1 Å². The summed E-state index contributed by atoms with van der Waals surface area (Å²) in [6.45, 7) is 3.87. The van der Waals surface area contributed by atoms with Crippen molar-refractivity contribution in [1.82, 2.24) is 5.32 Å². The fraction of sp³-hybridized carbons (Fsp3) is 0.308. The van der Waals surface area contributed by atoms with Gasteiger partial charge in [0.15, 0.2) is 0 Å². The lowest BCUT2D eigenvalue weighted by atomic mass is 10.2. The SMILES string of the molecule is CC(C)/C=C/NC(=O)Nc1cccc(C(F)(F)F)c1. The Labute approximate surface area is 109 Å². The molecule has 0 bridgehead atoms. The molecule has 3 nitrogen and oxygen atoms in total. The Morgan fingerprint density at radius 3 is 2.58 bits per heavy atom. The number of amides is 2. The molecule has 0 saturated carbocycles. The number of anilines is 1. The van der Waals surface area contributed by atoms with Crippen molar-refractivity contribution in [1.29, 1.82) is 0 Å². The van der Waals surface area contributed by atoms with E-state index in [-0.39, 0.29) is 11.6 Å². The number of hydrogen-bond acceptors (Lipinski definition) is 1. The van der Waals surface area contributed by atoms with E-state index >= 15 is 0 Å². The van der Waals surface area contributed by atoms with Crippen LogP contribution in [0.2, 0.25) is 0 Å². The maximum atomic E-state index is 12.5. The molecule has 0 aromatic heterocycles. The van der Waals surface area contributed by atoms with Crippen molar-refractivity contribution in [2.75, 3.05) is 5.32 Å². The molecule has 0 spiro atoms. The van der Waals surface area contributed by atoms with Gasteiger partial charge in [-0.25, -0.2) is 4.79 Å². The van der Waals surface area contributed by atoms with Crippen molar-refractivity contribution in [2.45, 2.75) is 20.0 Å². The molecule has 104 valence electrons. The number of hydrogen-bond donors (Lipinski definition) is 2. The van der Waals surface area contributed by atoms with Gasteiger partial charge in [0.1, 0.15) is 0 Å². The predicted molar refractivity (Wildman–Crippen MR) is 67.6 cm³/mol. The van der Waals surface area contributed by atoms with E-state index in [9.17, 15) is 18.0 Å². The van der Waals surface area contributed by atoms with Crippen molar-refractivity contribution < 1.29 is 18.0 Å². The monoisotopic (exact) mass is 272 g/mol. The van der Waals surface area contributed by atoms with Crippen LogP contribution in [0.4, 0.5) is 23.7 Å². The van der Waals surface area contributed by atoms with Crippen LogP contribution in [0.3, 0.4) is 0 Å². The summed E-state index contributed by atoms with van der Waals surface area (Å²) in [6, 6.07) is 3.87. The summed E-state index contributed by atoms with van der Waals surface area (Å²) in [6.07, 6.45) is -1.22. The smallest absolute Gasteiger partial charge is 0.315 e. The Morgan fingerprint density at radius 2 is 2.00 bits per heavy atom. The predicted octanol–water partition coefficient (Wildman–Crippen LogP) is 4.00. The van der Waals surface area contributed by atoms with Crippen LogP contribution < -0.4 is 10.6 Å². The molecule has 0 radical (unpaired) electrons. The van der Waals surface area contributed by atoms with Gasteiger partial charge in [0.25, 0.3) is 0 Å². The Bertz CT molecular complexity index is 467. The van der Waals surface area contributed by atoms with E-state index in [1.807, 2.05) is 13.8 Å². The van der Waals surface area contributed by atoms with Crippen molar-refractivity contribution in [3.63, 3.8) is 0 Å². The van der Waals surface area contributed by atoms with Crippen LogP contribution in [0.1, 0.15) is 19.4 Å². The number of urea groups is 1. The molecule has 1 rings (SSSR count). The summed E-state index contributed by atoms with van der Waals surface area (Å²) < 4.78 is 37.4. The molecule has 0 aliphatic heterocycles. The topological polar surface area (TPSA) is 41.1 Å². The molecular weight excluding hydrogens is 257 g/mol. The van der Waals surface area contributed by atoms with Gasteiger partial charge in [0.2, 0.25) is 0 Å². The fourth-order valence-electron chi connectivity index (χ4n) is 1.26. The number of halogens is 3. The van der Waals surface area contributed by atoms with Gasteiger partial charge in [-0.2, -0.15) is 13.2 Å². The summed E-state index contributed by atoms with van der Waals surface area (Å²) in [7, 11) is 0. The minimum Gasteiger partial charge on any atom is -0.315 e. The molecule has 0 aliphatic carbocycles. The molecule has 0 heterocycles. The van der Waals surface area contributed by atoms with Crippen molar-refractivity contribution in [3.8, 4) is 0 Å². The molecule has 0 unspecified atom stereocenters. The average molecular weight is 272 g/mol. The molecule has 1 aromatic carbocycles. The van der Waals surface area contributed by atoms with Crippen LogP contribution >= 0.6 is 0 Å². The van der Waals surface area contributed by atoms with E-state index in [1.54, 1.807) is 6.08 Å². The standard InChI is InChI=1S/C13H15F3N2O/c1-9(2)6-7-17-12(19)18-11-5-3-4-10(8-11)13(14,15)16/h3-9H,1-2H3,(H2,17,18,19)/b7-6+. The zero-order valence-corrected chi connectivity index (χ0v) is 10.6. The molecule has 2 N–H and O–H groups in total. The highest BCUT2D eigenvalue weighted by Gasteiger charge is 2.30. The minimum atomic E-state index is -4.42. The normalized spacial score (nSPS) is 11.9. The Kier molecular flexibility index (Phi) is 4.97. The van der Waals surface area contributed by atoms with Crippen LogP contribution in [0.5, 0.6) is 0 Å². The molecule has 2 amide bonds. The van der Waals surface area contributed by atoms with Crippen LogP contribution in [0, 0.1) is 5.92 Å². The van der Waals surface area contributed by atoms with Crippen LogP contribution in [0.25, 0.3) is 0 Å². The first-order valence-electron chi connectivity index (χ1n) is 5.70. The maximum Gasteiger partial charge on any atom is 0.416 e. The summed E-state index contributed by atoms with van der Waals surface area (Å²) in [4.78, 5) is 11.4. The van der Waals surface area contributed by atoms with Crippen LogP contribution in [-0.2, 0) is 6.18 Å². The lowest BCUT2D eigenvalue weighted by Gasteiger charge is -2.09. The van der Waals surface area contributed by atoms with Crippen LogP contribution in [-0.4, -0.2) is 6.03 Å². The summed E-state index contributed by atoms with van der Waals surface area (Å²) >= 11 is 0. The van der Waals surface area contributed by atoms with Gasteiger partial charge in [-0.3, -0.25) is 0 Å². The van der Waals surface area contributed by atoms with E-state index in [0.29, 0.717) is 0 Å². The second-order valence-electron chi connectivity index (χ2n) is 4.28. The summed E-state index contributed by atoms with van der Waals surface area (Å²) in [5.41, 5.74) is -0.715. The van der Waals surface area contributed by atoms with Crippen LogP contribution in [0.15, 0.2) is 36.5 Å². The third kappa shape index (κ3) is 5.46. The quantitative estimate of drug-likeness (QED) is 0.858. The number of carbonyl (C=O) groups excluding carboxylic acids is 1. The molecule has 0 fully saturated rings. The Hall–Kier alpha value is -1.98. The average Bonchev–Trinajstić information content (AvgIpc) is 2.27. The molecule has 19 heavy (non-hydrogen) atoms. The highest BCUT2D eigenvalue weighted by Crippen LogP contribution is 2.30. The lowest BCUT2D eigenvalue weighted by Crippen LogP contribution is -2.24. The first-order valence-corrected chi connectivity index (χ1v) is 5.70. The number of allylic oxidation sites excluding steroid dienone is 1. The largest absolute Gasteiger partial charge is 0.416 e. The number of benzene rings is 1. The van der Waals surface area contributed by atoms with E-state index < -0.39 is 17.8 Å². The molecule has 6 heteroatoms. The molecule has 0 saturated heterocycles. The fourth-order valence-corrected chi connectivity index (χ4v) is 1.26. The van der Waals surface area contributed by atoms with Crippen molar-refractivity contribution in [2.24, 2.45) is 5.92 Å². The third-order valence-corrected chi connectivity index (χ3v) is 2.14. The van der Waals surface area contributed by atoms with E-state index in [0.717, 1.165) is 12.1 Å². The zero-order valence-electron chi connectivity index (χ0n) is 10.6. The van der Waals surface area contributed by atoms with Gasteiger partial charge in [-0.15, -0.1) is 0 Å². The summed E-state index contributed by atoms with van der Waals surface area (Å²) in [5, 5.41) is 4.74. The van der Waals surface area contributed by atoms with E-state index in [1.165, 1.54) is 18.3 Å². The molecule has 0 aliphatic rings. The number of nitrogens with one attached hydrogen (secondary N) is 2. The minimum absolute atomic E-state index is 0.0882. The second kappa shape index (κ2) is 6.26.